The molecule has 5 nitrogen and oxygen atoms in total. The Morgan fingerprint density at radius 3 is 2.47 bits per heavy atom. The lowest BCUT2D eigenvalue weighted by Gasteiger charge is -2.34. The SMILES string of the molecule is C/C(=C\c1ccccc1)CN(C[C@@H]1CCCN1CC1CCCCC1)C(=O)c1ccc(OCOC(F)F)cc1. The molecule has 1 saturated heterocycles. The first-order valence-electron chi connectivity index (χ1n) is 13.9. The van der Waals surface area contributed by atoms with Gasteiger partial charge in [-0.3, -0.25) is 14.4 Å². The molecule has 1 amide bonds. The first-order valence-corrected chi connectivity index (χ1v) is 13.9. The Morgan fingerprint density at radius 1 is 1.03 bits per heavy atom. The quantitative estimate of drug-likeness (QED) is 0.284. The molecule has 7 heteroatoms. The molecule has 206 valence electrons. The fourth-order valence-electron chi connectivity index (χ4n) is 5.73. The first kappa shape index (κ1) is 28.2. The number of rotatable bonds is 12. The predicted molar refractivity (Wildman–Crippen MR) is 146 cm³/mol. The normalized spacial score (nSPS) is 19.2. The fraction of sp³-hybridized carbons (Fsp3) is 0.516. The highest BCUT2D eigenvalue weighted by atomic mass is 19.3. The number of carbonyl (C=O) groups is 1. The van der Waals surface area contributed by atoms with E-state index in [1.807, 2.05) is 23.1 Å². The average Bonchev–Trinajstić information content (AvgIpc) is 3.35. The zero-order chi connectivity index (χ0) is 26.7. The number of carbonyl (C=O) groups excluding carboxylic acids is 1. The third-order valence-electron chi connectivity index (χ3n) is 7.61. The predicted octanol–water partition coefficient (Wildman–Crippen LogP) is 6.85. The molecule has 2 aliphatic rings. The van der Waals surface area contributed by atoms with E-state index < -0.39 is 13.4 Å². The van der Waals surface area contributed by atoms with E-state index in [0.29, 0.717) is 30.4 Å². The lowest BCUT2D eigenvalue weighted by molar-refractivity contribution is -0.167. The largest absolute Gasteiger partial charge is 0.467 e. The van der Waals surface area contributed by atoms with E-state index in [-0.39, 0.29) is 5.91 Å². The van der Waals surface area contributed by atoms with Crippen molar-refractivity contribution in [1.82, 2.24) is 9.80 Å². The second kappa shape index (κ2) is 14.4. The van der Waals surface area contributed by atoms with E-state index in [2.05, 4.69) is 34.8 Å². The second-order valence-electron chi connectivity index (χ2n) is 10.6. The third kappa shape index (κ3) is 8.63. The summed E-state index contributed by atoms with van der Waals surface area (Å²) in [6.07, 6.45) is 11.1. The minimum Gasteiger partial charge on any atom is -0.467 e. The summed E-state index contributed by atoms with van der Waals surface area (Å²) in [5, 5.41) is 0. The van der Waals surface area contributed by atoms with Gasteiger partial charge in [-0.25, -0.2) is 0 Å². The molecule has 1 aliphatic heterocycles. The Kier molecular flexibility index (Phi) is 10.7. The van der Waals surface area contributed by atoms with Gasteiger partial charge >= 0.3 is 6.61 Å². The van der Waals surface area contributed by atoms with Crippen LogP contribution < -0.4 is 4.74 Å². The number of hydrogen-bond donors (Lipinski definition) is 0. The molecule has 1 aliphatic carbocycles. The molecular formula is C31H40F2N2O3. The molecular weight excluding hydrogens is 486 g/mol. The van der Waals surface area contributed by atoms with Crippen molar-refractivity contribution in [1.29, 1.82) is 0 Å². The maximum absolute atomic E-state index is 13.7. The molecule has 0 bridgehead atoms. The number of alkyl halides is 2. The molecule has 2 aromatic carbocycles. The Labute approximate surface area is 225 Å². The number of hydrogen-bond acceptors (Lipinski definition) is 4. The van der Waals surface area contributed by atoms with Crippen LogP contribution in [0.2, 0.25) is 0 Å². The zero-order valence-corrected chi connectivity index (χ0v) is 22.4. The van der Waals surface area contributed by atoms with Gasteiger partial charge in [0.1, 0.15) is 5.75 Å². The van der Waals surface area contributed by atoms with E-state index in [4.69, 9.17) is 4.74 Å². The summed E-state index contributed by atoms with van der Waals surface area (Å²) >= 11 is 0. The highest BCUT2D eigenvalue weighted by Gasteiger charge is 2.30. The van der Waals surface area contributed by atoms with Crippen molar-refractivity contribution in [2.45, 2.75) is 64.5 Å². The van der Waals surface area contributed by atoms with Crippen LogP contribution in [-0.4, -0.2) is 61.3 Å². The molecule has 2 aromatic rings. The summed E-state index contributed by atoms with van der Waals surface area (Å²) in [7, 11) is 0. The Hall–Kier alpha value is -2.77. The van der Waals surface area contributed by atoms with Crippen LogP contribution >= 0.6 is 0 Å². The molecule has 1 atom stereocenters. The molecule has 0 radical (unpaired) electrons. The molecule has 1 heterocycles. The topological polar surface area (TPSA) is 42.0 Å². The molecule has 38 heavy (non-hydrogen) atoms. The van der Waals surface area contributed by atoms with Crippen LogP contribution in [-0.2, 0) is 4.74 Å². The summed E-state index contributed by atoms with van der Waals surface area (Å²) in [6, 6.07) is 17.1. The van der Waals surface area contributed by atoms with Crippen LogP contribution in [0, 0.1) is 5.92 Å². The van der Waals surface area contributed by atoms with Gasteiger partial charge in [-0.1, -0.05) is 61.2 Å². The minimum absolute atomic E-state index is 0.0364. The van der Waals surface area contributed by atoms with E-state index in [1.54, 1.807) is 24.3 Å². The van der Waals surface area contributed by atoms with Crippen LogP contribution in [0.3, 0.4) is 0 Å². The van der Waals surface area contributed by atoms with Crippen LogP contribution in [0.25, 0.3) is 6.08 Å². The van der Waals surface area contributed by atoms with Crippen molar-refractivity contribution < 1.29 is 23.0 Å². The van der Waals surface area contributed by atoms with Crippen LogP contribution in [0.4, 0.5) is 8.78 Å². The molecule has 0 unspecified atom stereocenters. The molecule has 0 aromatic heterocycles. The Balaban J connectivity index is 1.46. The standard InChI is InChI=1S/C31H40F2N2O3/c1-24(19-25-9-4-2-5-10-25)20-35(22-28-13-8-18-34(28)21-26-11-6-3-7-12-26)30(36)27-14-16-29(17-15-27)37-23-38-31(32)33/h2,4-5,9-10,14-17,19,26,28,31H,3,6-8,11-13,18,20-23H2,1H3/b24-19+/t28-/m0/s1. The molecule has 1 saturated carbocycles. The van der Waals surface area contributed by atoms with Gasteiger partial charge in [-0.05, 0) is 74.9 Å². The minimum atomic E-state index is -2.88. The van der Waals surface area contributed by atoms with Gasteiger partial charge in [0.25, 0.3) is 5.91 Å². The lowest BCUT2D eigenvalue weighted by Crippen LogP contribution is -2.45. The van der Waals surface area contributed by atoms with Crippen molar-refractivity contribution >= 4 is 12.0 Å². The number of likely N-dealkylation sites (tertiary alicyclic amines) is 1. The number of ether oxygens (including phenoxy) is 2. The van der Waals surface area contributed by atoms with Crippen molar-refractivity contribution in [3.8, 4) is 5.75 Å². The highest BCUT2D eigenvalue weighted by molar-refractivity contribution is 5.94. The molecule has 0 N–H and O–H groups in total. The van der Waals surface area contributed by atoms with Gasteiger partial charge in [-0.2, -0.15) is 8.78 Å². The second-order valence-corrected chi connectivity index (χ2v) is 10.6. The van der Waals surface area contributed by atoms with Crippen molar-refractivity contribution in [3.63, 3.8) is 0 Å². The number of nitrogens with zero attached hydrogens (tertiary/aromatic N) is 2. The van der Waals surface area contributed by atoms with Crippen LogP contribution in [0.1, 0.15) is 67.8 Å². The van der Waals surface area contributed by atoms with Gasteiger partial charge in [0.05, 0.1) is 0 Å². The van der Waals surface area contributed by atoms with Crippen molar-refractivity contribution in [2.24, 2.45) is 5.92 Å². The van der Waals surface area contributed by atoms with Gasteiger partial charge < -0.3 is 9.64 Å². The molecule has 4 rings (SSSR count). The number of halogens is 2. The van der Waals surface area contributed by atoms with E-state index >= 15 is 0 Å². The first-order chi connectivity index (χ1) is 18.5. The summed E-state index contributed by atoms with van der Waals surface area (Å²) in [6.45, 7) is 2.12. The summed E-state index contributed by atoms with van der Waals surface area (Å²) in [4.78, 5) is 18.3. The fourth-order valence-corrected chi connectivity index (χ4v) is 5.73. The van der Waals surface area contributed by atoms with Gasteiger partial charge in [0.15, 0.2) is 6.79 Å². The monoisotopic (exact) mass is 526 g/mol. The smallest absolute Gasteiger partial charge is 0.348 e. The Bertz CT molecular complexity index is 1020. The summed E-state index contributed by atoms with van der Waals surface area (Å²) < 4.78 is 33.8. The van der Waals surface area contributed by atoms with Gasteiger partial charge in [-0.15, -0.1) is 0 Å². The summed E-state index contributed by atoms with van der Waals surface area (Å²) in [5.41, 5.74) is 2.78. The molecule has 0 spiro atoms. The molecule has 2 fully saturated rings. The number of benzene rings is 2. The third-order valence-corrected chi connectivity index (χ3v) is 7.61. The van der Waals surface area contributed by atoms with Crippen LogP contribution in [0.5, 0.6) is 5.75 Å². The number of amides is 1. The maximum Gasteiger partial charge on any atom is 0.348 e. The average molecular weight is 527 g/mol. The van der Waals surface area contributed by atoms with Gasteiger partial charge in [0.2, 0.25) is 0 Å². The summed E-state index contributed by atoms with van der Waals surface area (Å²) in [5.74, 6) is 1.11. The lowest BCUT2D eigenvalue weighted by atomic mass is 9.89. The van der Waals surface area contributed by atoms with E-state index in [9.17, 15) is 13.6 Å². The maximum atomic E-state index is 13.7. The zero-order valence-electron chi connectivity index (χ0n) is 22.4. The van der Waals surface area contributed by atoms with E-state index in [1.165, 1.54) is 38.5 Å². The van der Waals surface area contributed by atoms with Crippen LogP contribution in [0.15, 0.2) is 60.2 Å². The Morgan fingerprint density at radius 2 is 1.76 bits per heavy atom. The van der Waals surface area contributed by atoms with Crippen molar-refractivity contribution in [3.05, 3.63) is 71.3 Å². The van der Waals surface area contributed by atoms with Gasteiger partial charge in [0, 0.05) is 31.2 Å². The van der Waals surface area contributed by atoms with E-state index in [0.717, 1.165) is 36.6 Å². The van der Waals surface area contributed by atoms with Crippen molar-refractivity contribution in [2.75, 3.05) is 33.0 Å². The highest BCUT2D eigenvalue weighted by Crippen LogP contribution is 2.28.